The summed E-state index contributed by atoms with van der Waals surface area (Å²) in [4.78, 5) is 13.1. The van der Waals surface area contributed by atoms with Crippen LogP contribution >= 0.6 is 27.3 Å². The first-order chi connectivity index (χ1) is 10.1. The molecule has 3 nitrogen and oxygen atoms in total. The predicted octanol–water partition coefficient (Wildman–Crippen LogP) is 4.71. The Kier molecular flexibility index (Phi) is 5.42. The summed E-state index contributed by atoms with van der Waals surface area (Å²) in [6.45, 7) is 4.03. The molecule has 0 bridgehead atoms. The smallest absolute Gasteiger partial charge is 0.261 e. The highest BCUT2D eigenvalue weighted by molar-refractivity contribution is 9.11. The monoisotopic (exact) mass is 367 g/mol. The number of carbonyl (C=O) groups excluding carboxylic acids is 1. The minimum Gasteiger partial charge on any atom is -0.496 e. The van der Waals surface area contributed by atoms with Crippen molar-refractivity contribution in [2.45, 2.75) is 26.3 Å². The Labute approximate surface area is 137 Å². The summed E-state index contributed by atoms with van der Waals surface area (Å²) >= 11 is 4.91. The number of ether oxygens (including phenoxy) is 1. The highest BCUT2D eigenvalue weighted by Crippen LogP contribution is 2.30. The van der Waals surface area contributed by atoms with Crippen LogP contribution in [0, 0.1) is 6.92 Å². The van der Waals surface area contributed by atoms with E-state index >= 15 is 0 Å². The highest BCUT2D eigenvalue weighted by Gasteiger charge is 2.19. The summed E-state index contributed by atoms with van der Waals surface area (Å²) in [5, 5.41) is 3.09. The summed E-state index contributed by atoms with van der Waals surface area (Å²) in [5.74, 6) is 0.750. The first-order valence-electron chi connectivity index (χ1n) is 6.76. The molecule has 0 radical (unpaired) electrons. The molecule has 0 saturated heterocycles. The fraction of sp³-hybridized carbons (Fsp3) is 0.312. The second kappa shape index (κ2) is 7.09. The molecule has 1 atom stereocenters. The second-order valence-corrected chi connectivity index (χ2v) is 7.11. The Morgan fingerprint density at radius 3 is 2.71 bits per heavy atom. The molecule has 1 heterocycles. The van der Waals surface area contributed by atoms with E-state index in [9.17, 15) is 4.79 Å². The standard InChI is InChI=1S/C16H18BrNO2S/c1-4-12(11-7-5-6-8-13(11)20-3)18-16(19)14-9-10(2)15(17)21-14/h5-9,12H,4H2,1-3H3,(H,18,19). The molecule has 21 heavy (non-hydrogen) atoms. The van der Waals surface area contributed by atoms with Crippen LogP contribution in [0.15, 0.2) is 34.1 Å². The number of methoxy groups -OCH3 is 1. The van der Waals surface area contributed by atoms with E-state index in [0.29, 0.717) is 4.88 Å². The van der Waals surface area contributed by atoms with Crippen molar-refractivity contribution in [3.63, 3.8) is 0 Å². The number of benzene rings is 1. The van der Waals surface area contributed by atoms with Gasteiger partial charge in [0.2, 0.25) is 0 Å². The molecule has 2 rings (SSSR count). The van der Waals surface area contributed by atoms with Crippen molar-refractivity contribution in [2.24, 2.45) is 0 Å². The summed E-state index contributed by atoms with van der Waals surface area (Å²) in [6, 6.07) is 9.63. The number of para-hydroxylation sites is 1. The van der Waals surface area contributed by atoms with Gasteiger partial charge in [-0.3, -0.25) is 4.79 Å². The lowest BCUT2D eigenvalue weighted by Gasteiger charge is -2.19. The minimum atomic E-state index is -0.0603. The minimum absolute atomic E-state index is 0.0495. The van der Waals surface area contributed by atoms with E-state index in [2.05, 4.69) is 21.2 Å². The summed E-state index contributed by atoms with van der Waals surface area (Å²) < 4.78 is 6.38. The van der Waals surface area contributed by atoms with Crippen LogP contribution in [-0.4, -0.2) is 13.0 Å². The van der Waals surface area contributed by atoms with Crippen molar-refractivity contribution in [2.75, 3.05) is 7.11 Å². The van der Waals surface area contributed by atoms with E-state index in [1.54, 1.807) is 7.11 Å². The summed E-state index contributed by atoms with van der Waals surface area (Å²) in [7, 11) is 1.65. The number of rotatable bonds is 5. The molecular formula is C16H18BrNO2S. The third-order valence-electron chi connectivity index (χ3n) is 3.31. The maximum atomic E-state index is 12.4. The predicted molar refractivity (Wildman–Crippen MR) is 90.2 cm³/mol. The summed E-state index contributed by atoms with van der Waals surface area (Å²) in [5.41, 5.74) is 2.08. The van der Waals surface area contributed by atoms with Crippen LogP contribution in [0.25, 0.3) is 0 Å². The average molecular weight is 368 g/mol. The van der Waals surface area contributed by atoms with Crippen molar-refractivity contribution >= 4 is 33.2 Å². The van der Waals surface area contributed by atoms with Gasteiger partial charge in [0.15, 0.2) is 0 Å². The molecule has 5 heteroatoms. The lowest BCUT2D eigenvalue weighted by Crippen LogP contribution is -2.27. The van der Waals surface area contributed by atoms with Gasteiger partial charge in [0.1, 0.15) is 5.75 Å². The number of nitrogens with one attached hydrogen (secondary N) is 1. The van der Waals surface area contributed by atoms with Gasteiger partial charge in [-0.05, 0) is 47.0 Å². The van der Waals surface area contributed by atoms with Crippen molar-refractivity contribution in [3.8, 4) is 5.75 Å². The van der Waals surface area contributed by atoms with Crippen LogP contribution in [0.4, 0.5) is 0 Å². The zero-order chi connectivity index (χ0) is 15.4. The number of carbonyl (C=O) groups is 1. The van der Waals surface area contributed by atoms with Gasteiger partial charge in [-0.1, -0.05) is 25.1 Å². The van der Waals surface area contributed by atoms with Gasteiger partial charge in [-0.25, -0.2) is 0 Å². The Bertz CT molecular complexity index is 619. The van der Waals surface area contributed by atoms with Gasteiger partial charge in [0.25, 0.3) is 5.91 Å². The summed E-state index contributed by atoms with van der Waals surface area (Å²) in [6.07, 6.45) is 0.803. The normalized spacial score (nSPS) is 12.0. The van der Waals surface area contributed by atoms with Crippen LogP contribution in [0.5, 0.6) is 5.75 Å². The Hall–Kier alpha value is -1.33. The van der Waals surface area contributed by atoms with Crippen molar-refractivity contribution in [1.29, 1.82) is 0 Å². The Morgan fingerprint density at radius 2 is 2.14 bits per heavy atom. The zero-order valence-electron chi connectivity index (χ0n) is 12.3. The quantitative estimate of drug-likeness (QED) is 0.830. The van der Waals surface area contributed by atoms with Crippen molar-refractivity contribution < 1.29 is 9.53 Å². The molecule has 1 amide bonds. The van der Waals surface area contributed by atoms with E-state index in [1.807, 2.05) is 44.2 Å². The number of hydrogen-bond acceptors (Lipinski definition) is 3. The van der Waals surface area contributed by atoms with Gasteiger partial charge < -0.3 is 10.1 Å². The van der Waals surface area contributed by atoms with E-state index < -0.39 is 0 Å². The molecule has 0 fully saturated rings. The molecule has 0 aliphatic heterocycles. The fourth-order valence-corrected chi connectivity index (χ4v) is 3.59. The van der Waals surface area contributed by atoms with E-state index in [0.717, 1.165) is 27.1 Å². The van der Waals surface area contributed by atoms with Crippen molar-refractivity contribution in [1.82, 2.24) is 5.32 Å². The van der Waals surface area contributed by atoms with E-state index in [-0.39, 0.29) is 11.9 Å². The third-order valence-corrected chi connectivity index (χ3v) is 5.44. The topological polar surface area (TPSA) is 38.3 Å². The Balaban J connectivity index is 2.21. The molecule has 0 aliphatic carbocycles. The second-order valence-electron chi connectivity index (χ2n) is 4.74. The number of thiophene rings is 1. The van der Waals surface area contributed by atoms with Crippen LogP contribution in [0.3, 0.4) is 0 Å². The third kappa shape index (κ3) is 3.66. The van der Waals surface area contributed by atoms with Gasteiger partial charge in [-0.15, -0.1) is 11.3 Å². The van der Waals surface area contributed by atoms with Gasteiger partial charge >= 0.3 is 0 Å². The first kappa shape index (κ1) is 16.0. The number of aryl methyl sites for hydroxylation is 1. The first-order valence-corrected chi connectivity index (χ1v) is 8.37. The molecule has 0 aliphatic rings. The fourth-order valence-electron chi connectivity index (χ4n) is 2.16. The van der Waals surface area contributed by atoms with Crippen LogP contribution in [0.2, 0.25) is 0 Å². The van der Waals surface area contributed by atoms with E-state index in [1.165, 1.54) is 11.3 Å². The average Bonchev–Trinajstić information content (AvgIpc) is 2.84. The van der Waals surface area contributed by atoms with Crippen molar-refractivity contribution in [3.05, 3.63) is 50.1 Å². The molecule has 1 unspecified atom stereocenters. The number of hydrogen-bond donors (Lipinski definition) is 1. The SMILES string of the molecule is CCC(NC(=O)c1cc(C)c(Br)s1)c1ccccc1OC. The lowest BCUT2D eigenvalue weighted by atomic mass is 10.0. The molecule has 0 saturated carbocycles. The lowest BCUT2D eigenvalue weighted by molar-refractivity contribution is 0.0939. The Morgan fingerprint density at radius 1 is 1.43 bits per heavy atom. The van der Waals surface area contributed by atoms with E-state index in [4.69, 9.17) is 4.74 Å². The molecule has 2 aromatic rings. The maximum Gasteiger partial charge on any atom is 0.261 e. The molecule has 1 aromatic carbocycles. The molecule has 112 valence electrons. The highest BCUT2D eigenvalue weighted by atomic mass is 79.9. The van der Waals surface area contributed by atoms with Gasteiger partial charge in [0, 0.05) is 5.56 Å². The number of amides is 1. The largest absolute Gasteiger partial charge is 0.496 e. The molecule has 0 spiro atoms. The maximum absolute atomic E-state index is 12.4. The van der Waals surface area contributed by atoms with Gasteiger partial charge in [0.05, 0.1) is 21.8 Å². The van der Waals surface area contributed by atoms with Crippen LogP contribution in [-0.2, 0) is 0 Å². The zero-order valence-corrected chi connectivity index (χ0v) is 14.7. The van der Waals surface area contributed by atoms with Gasteiger partial charge in [-0.2, -0.15) is 0 Å². The number of halogens is 1. The molecule has 1 aromatic heterocycles. The molecule has 1 N–H and O–H groups in total. The van der Waals surface area contributed by atoms with Crippen LogP contribution in [0.1, 0.15) is 40.2 Å². The molecular weight excluding hydrogens is 350 g/mol. The van der Waals surface area contributed by atoms with Crippen LogP contribution < -0.4 is 10.1 Å².